The summed E-state index contributed by atoms with van der Waals surface area (Å²) in [6.45, 7) is 10.1. The Morgan fingerprint density at radius 3 is 2.55 bits per heavy atom. The molecule has 1 N–H and O–H groups in total. The second kappa shape index (κ2) is 7.38. The van der Waals surface area contributed by atoms with Gasteiger partial charge in [-0.2, -0.15) is 0 Å². The van der Waals surface area contributed by atoms with E-state index in [1.165, 1.54) is 7.11 Å². The molecule has 0 spiro atoms. The topological polar surface area (TPSA) is 44.8 Å². The van der Waals surface area contributed by atoms with Crippen molar-refractivity contribution in [2.75, 3.05) is 47.4 Å². The lowest BCUT2D eigenvalue weighted by Gasteiger charge is -2.29. The Morgan fingerprint density at radius 2 is 2.10 bits per heavy atom. The first-order valence-corrected chi connectivity index (χ1v) is 7.56. The SMILES string of the molecule is CCNC(C)(CCN1CC(C)C(N(C)C)C1)C(=O)OC. The highest BCUT2D eigenvalue weighted by Gasteiger charge is 2.36. The molecule has 0 amide bonds. The maximum Gasteiger partial charge on any atom is 0.325 e. The van der Waals surface area contributed by atoms with Crippen molar-refractivity contribution in [1.82, 2.24) is 15.1 Å². The molecule has 3 unspecified atom stereocenters. The van der Waals surface area contributed by atoms with E-state index < -0.39 is 5.54 Å². The summed E-state index contributed by atoms with van der Waals surface area (Å²) in [5.74, 6) is 0.504. The number of methoxy groups -OCH3 is 1. The van der Waals surface area contributed by atoms with Gasteiger partial charge >= 0.3 is 5.97 Å². The van der Waals surface area contributed by atoms with Crippen molar-refractivity contribution in [1.29, 1.82) is 0 Å². The fourth-order valence-corrected chi connectivity index (χ4v) is 3.16. The molecule has 1 aliphatic heterocycles. The van der Waals surface area contributed by atoms with Gasteiger partial charge in [-0.15, -0.1) is 0 Å². The zero-order valence-corrected chi connectivity index (χ0v) is 13.9. The molecular formula is C15H31N3O2. The van der Waals surface area contributed by atoms with Gasteiger partial charge in [0, 0.05) is 25.7 Å². The molecule has 0 aliphatic carbocycles. The summed E-state index contributed by atoms with van der Waals surface area (Å²) in [4.78, 5) is 16.7. The van der Waals surface area contributed by atoms with E-state index in [-0.39, 0.29) is 5.97 Å². The molecule has 3 atom stereocenters. The highest BCUT2D eigenvalue weighted by molar-refractivity contribution is 5.80. The van der Waals surface area contributed by atoms with Gasteiger partial charge in [0.25, 0.3) is 0 Å². The molecular weight excluding hydrogens is 254 g/mol. The third kappa shape index (κ3) is 4.17. The van der Waals surface area contributed by atoms with Crippen molar-refractivity contribution in [3.8, 4) is 0 Å². The molecule has 0 saturated carbocycles. The average molecular weight is 285 g/mol. The van der Waals surface area contributed by atoms with Gasteiger partial charge in [0.05, 0.1) is 7.11 Å². The largest absolute Gasteiger partial charge is 0.468 e. The summed E-state index contributed by atoms with van der Waals surface area (Å²) in [5, 5.41) is 3.27. The van der Waals surface area contributed by atoms with Gasteiger partial charge in [0.1, 0.15) is 5.54 Å². The summed E-state index contributed by atoms with van der Waals surface area (Å²) < 4.78 is 4.94. The number of hydrogen-bond donors (Lipinski definition) is 1. The smallest absolute Gasteiger partial charge is 0.325 e. The van der Waals surface area contributed by atoms with Crippen LogP contribution in [-0.2, 0) is 9.53 Å². The van der Waals surface area contributed by atoms with Gasteiger partial charge < -0.3 is 19.9 Å². The Bertz CT molecular complexity index is 322. The Labute approximate surface area is 123 Å². The van der Waals surface area contributed by atoms with Crippen LogP contribution in [0.1, 0.15) is 27.2 Å². The predicted molar refractivity (Wildman–Crippen MR) is 81.8 cm³/mol. The number of carbonyl (C=O) groups is 1. The molecule has 0 bridgehead atoms. The van der Waals surface area contributed by atoms with E-state index in [0.717, 1.165) is 32.6 Å². The van der Waals surface area contributed by atoms with Crippen molar-refractivity contribution >= 4 is 5.97 Å². The van der Waals surface area contributed by atoms with Crippen molar-refractivity contribution in [2.24, 2.45) is 5.92 Å². The first-order chi connectivity index (χ1) is 9.34. The van der Waals surface area contributed by atoms with Gasteiger partial charge in [-0.1, -0.05) is 13.8 Å². The lowest BCUT2D eigenvalue weighted by Crippen LogP contribution is -2.51. The van der Waals surface area contributed by atoms with Crippen molar-refractivity contribution in [3.05, 3.63) is 0 Å². The maximum absolute atomic E-state index is 12.0. The Morgan fingerprint density at radius 1 is 1.45 bits per heavy atom. The highest BCUT2D eigenvalue weighted by Crippen LogP contribution is 2.22. The lowest BCUT2D eigenvalue weighted by molar-refractivity contribution is -0.148. The number of carbonyl (C=O) groups excluding carboxylic acids is 1. The lowest BCUT2D eigenvalue weighted by atomic mass is 9.97. The van der Waals surface area contributed by atoms with Crippen LogP contribution in [0.5, 0.6) is 0 Å². The maximum atomic E-state index is 12.0. The van der Waals surface area contributed by atoms with E-state index in [1.54, 1.807) is 0 Å². The predicted octanol–water partition coefficient (Wildman–Crippen LogP) is 0.800. The highest BCUT2D eigenvalue weighted by atomic mass is 16.5. The number of nitrogens with zero attached hydrogens (tertiary/aromatic N) is 2. The van der Waals surface area contributed by atoms with Gasteiger partial charge in [0.15, 0.2) is 0 Å². The molecule has 0 aromatic rings. The molecule has 1 rings (SSSR count). The molecule has 20 heavy (non-hydrogen) atoms. The minimum Gasteiger partial charge on any atom is -0.468 e. The van der Waals surface area contributed by atoms with E-state index in [9.17, 15) is 4.79 Å². The second-order valence-electron chi connectivity index (χ2n) is 6.37. The monoisotopic (exact) mass is 285 g/mol. The summed E-state index contributed by atoms with van der Waals surface area (Å²) in [5.41, 5.74) is -0.580. The molecule has 5 heteroatoms. The Hall–Kier alpha value is -0.650. The summed E-state index contributed by atoms with van der Waals surface area (Å²) >= 11 is 0. The van der Waals surface area contributed by atoms with Crippen molar-refractivity contribution < 1.29 is 9.53 Å². The minimum atomic E-state index is -0.580. The molecule has 5 nitrogen and oxygen atoms in total. The van der Waals surface area contributed by atoms with E-state index in [2.05, 4.69) is 36.1 Å². The number of nitrogens with one attached hydrogen (secondary N) is 1. The minimum absolute atomic E-state index is 0.171. The van der Waals surface area contributed by atoms with Crippen LogP contribution in [0.2, 0.25) is 0 Å². The molecule has 1 fully saturated rings. The molecule has 0 radical (unpaired) electrons. The van der Waals surface area contributed by atoms with Crippen LogP contribution in [0.4, 0.5) is 0 Å². The van der Waals surface area contributed by atoms with Gasteiger partial charge in [-0.05, 0) is 39.9 Å². The first kappa shape index (κ1) is 17.4. The molecule has 118 valence electrons. The van der Waals surface area contributed by atoms with Gasteiger partial charge in [-0.25, -0.2) is 0 Å². The number of hydrogen-bond acceptors (Lipinski definition) is 5. The second-order valence-corrected chi connectivity index (χ2v) is 6.37. The van der Waals surface area contributed by atoms with E-state index in [0.29, 0.717) is 12.0 Å². The van der Waals surface area contributed by atoms with Crippen molar-refractivity contribution in [3.63, 3.8) is 0 Å². The third-order valence-corrected chi connectivity index (χ3v) is 4.44. The van der Waals surface area contributed by atoms with Crippen LogP contribution < -0.4 is 5.32 Å². The first-order valence-electron chi connectivity index (χ1n) is 7.56. The Kier molecular flexibility index (Phi) is 6.43. The normalized spacial score (nSPS) is 26.8. The zero-order valence-electron chi connectivity index (χ0n) is 13.9. The van der Waals surface area contributed by atoms with Gasteiger partial charge in [0.2, 0.25) is 0 Å². The average Bonchev–Trinajstić information content (AvgIpc) is 2.77. The van der Waals surface area contributed by atoms with Crippen molar-refractivity contribution in [2.45, 2.75) is 38.8 Å². The fraction of sp³-hybridized carbons (Fsp3) is 0.933. The molecule has 1 saturated heterocycles. The van der Waals surface area contributed by atoms with Crippen LogP contribution in [-0.4, -0.2) is 74.7 Å². The van der Waals surface area contributed by atoms with Gasteiger partial charge in [-0.3, -0.25) is 4.79 Å². The summed E-state index contributed by atoms with van der Waals surface area (Å²) in [6.07, 6.45) is 0.778. The zero-order chi connectivity index (χ0) is 15.3. The van der Waals surface area contributed by atoms with E-state index >= 15 is 0 Å². The van der Waals surface area contributed by atoms with Crippen LogP contribution >= 0.6 is 0 Å². The fourth-order valence-electron chi connectivity index (χ4n) is 3.16. The molecule has 1 heterocycles. The standard InChI is InChI=1S/C15H31N3O2/c1-7-16-15(3,14(19)20-6)8-9-18-10-12(2)13(11-18)17(4)5/h12-13,16H,7-11H2,1-6H3. The molecule has 0 aromatic carbocycles. The molecule has 0 aromatic heterocycles. The van der Waals surface area contributed by atoms with Crippen LogP contribution in [0.3, 0.4) is 0 Å². The van der Waals surface area contributed by atoms with Crippen LogP contribution in [0, 0.1) is 5.92 Å². The van der Waals surface area contributed by atoms with Crippen LogP contribution in [0.25, 0.3) is 0 Å². The summed E-state index contributed by atoms with van der Waals surface area (Å²) in [7, 11) is 5.74. The quantitative estimate of drug-likeness (QED) is 0.701. The summed E-state index contributed by atoms with van der Waals surface area (Å²) in [6, 6.07) is 0.610. The molecule has 1 aliphatic rings. The van der Waals surface area contributed by atoms with E-state index in [1.807, 2.05) is 13.8 Å². The third-order valence-electron chi connectivity index (χ3n) is 4.44. The Balaban J connectivity index is 2.55. The number of likely N-dealkylation sites (N-methyl/N-ethyl adjacent to an activating group) is 2. The van der Waals surface area contributed by atoms with Crippen LogP contribution in [0.15, 0.2) is 0 Å². The number of ether oxygens (including phenoxy) is 1. The number of rotatable bonds is 7. The number of likely N-dealkylation sites (tertiary alicyclic amines) is 1. The number of esters is 1. The van der Waals surface area contributed by atoms with E-state index in [4.69, 9.17) is 4.74 Å².